The lowest BCUT2D eigenvalue weighted by molar-refractivity contribution is 0.0728. The number of hydrogen-bond acceptors (Lipinski definition) is 5. The molecule has 1 amide bonds. The predicted octanol–water partition coefficient (Wildman–Crippen LogP) is 2.31. The van der Waals surface area contributed by atoms with Crippen LogP contribution in [0.5, 0.6) is 11.5 Å². The molecule has 6 nitrogen and oxygen atoms in total. The van der Waals surface area contributed by atoms with Crippen molar-refractivity contribution in [1.82, 2.24) is 14.9 Å². The third-order valence-corrected chi connectivity index (χ3v) is 4.19. The number of fused-ring (bicyclic) bond motifs is 1. The van der Waals surface area contributed by atoms with Crippen molar-refractivity contribution in [3.05, 3.63) is 46.5 Å². The average Bonchev–Trinajstić information content (AvgIpc) is 2.58. The van der Waals surface area contributed by atoms with Crippen LogP contribution in [0.4, 0.5) is 0 Å². The molecule has 0 N–H and O–H groups in total. The van der Waals surface area contributed by atoms with E-state index in [1.165, 1.54) is 5.56 Å². The smallest absolute Gasteiger partial charge is 0.272 e. The number of aromatic nitrogens is 2. The number of ether oxygens (including phenoxy) is 2. The van der Waals surface area contributed by atoms with Crippen LogP contribution in [0.25, 0.3) is 0 Å². The molecule has 1 aliphatic rings. The van der Waals surface area contributed by atoms with Crippen molar-refractivity contribution in [2.75, 3.05) is 20.8 Å². The number of rotatable bonds is 3. The van der Waals surface area contributed by atoms with Gasteiger partial charge in [0.2, 0.25) is 0 Å². The molecule has 1 aromatic carbocycles. The van der Waals surface area contributed by atoms with Crippen LogP contribution in [-0.4, -0.2) is 41.5 Å². The van der Waals surface area contributed by atoms with E-state index in [2.05, 4.69) is 9.97 Å². The van der Waals surface area contributed by atoms with E-state index in [1.807, 2.05) is 24.0 Å². The van der Waals surface area contributed by atoms with E-state index in [0.717, 1.165) is 23.4 Å². The largest absolute Gasteiger partial charge is 0.493 e. The van der Waals surface area contributed by atoms with Crippen LogP contribution in [0.2, 0.25) is 0 Å². The molecule has 1 aliphatic heterocycles. The molecule has 0 saturated carbocycles. The van der Waals surface area contributed by atoms with Gasteiger partial charge in [-0.25, -0.2) is 9.97 Å². The number of carbonyl (C=O) groups is 1. The summed E-state index contributed by atoms with van der Waals surface area (Å²) in [5.74, 6) is 1.95. The molecule has 3 rings (SSSR count). The summed E-state index contributed by atoms with van der Waals surface area (Å²) in [5, 5.41) is 0. The number of nitrogens with zero attached hydrogens (tertiary/aromatic N) is 3. The van der Waals surface area contributed by atoms with E-state index >= 15 is 0 Å². The van der Waals surface area contributed by atoms with Gasteiger partial charge in [0, 0.05) is 18.8 Å². The van der Waals surface area contributed by atoms with Crippen LogP contribution >= 0.6 is 0 Å². The Morgan fingerprint density at radius 1 is 1.04 bits per heavy atom. The highest BCUT2D eigenvalue weighted by Crippen LogP contribution is 2.33. The summed E-state index contributed by atoms with van der Waals surface area (Å²) in [5.41, 5.74) is 3.51. The molecule has 0 saturated heterocycles. The molecule has 2 aromatic rings. The third kappa shape index (κ3) is 3.04. The SMILES string of the molecule is COc1cc2c(cc1OC)CN(C(=O)c1cc(C)nc(C)n1)CC2. The van der Waals surface area contributed by atoms with Crippen LogP contribution in [0.15, 0.2) is 18.2 Å². The van der Waals surface area contributed by atoms with E-state index in [4.69, 9.17) is 9.47 Å². The van der Waals surface area contributed by atoms with Crippen LogP contribution in [-0.2, 0) is 13.0 Å². The lowest BCUT2D eigenvalue weighted by Crippen LogP contribution is -2.36. The molecule has 0 unspecified atom stereocenters. The monoisotopic (exact) mass is 327 g/mol. The molecule has 6 heteroatoms. The Balaban J connectivity index is 1.87. The Hall–Kier alpha value is -2.63. The molecule has 126 valence electrons. The number of methoxy groups -OCH3 is 2. The second-order valence-corrected chi connectivity index (χ2v) is 5.89. The summed E-state index contributed by atoms with van der Waals surface area (Å²) in [6.07, 6.45) is 0.782. The number of benzene rings is 1. The van der Waals surface area contributed by atoms with E-state index in [9.17, 15) is 4.79 Å². The Morgan fingerprint density at radius 2 is 1.71 bits per heavy atom. The summed E-state index contributed by atoms with van der Waals surface area (Å²) in [4.78, 5) is 23.1. The molecule has 2 heterocycles. The highest BCUT2D eigenvalue weighted by atomic mass is 16.5. The first kappa shape index (κ1) is 16.2. The number of carbonyl (C=O) groups excluding carboxylic acids is 1. The summed E-state index contributed by atoms with van der Waals surface area (Å²) in [6, 6.07) is 5.68. The highest BCUT2D eigenvalue weighted by molar-refractivity contribution is 5.92. The molecule has 0 atom stereocenters. The van der Waals surface area contributed by atoms with Gasteiger partial charge in [-0.05, 0) is 49.6 Å². The molecule has 0 spiro atoms. The second kappa shape index (κ2) is 6.47. The van der Waals surface area contributed by atoms with Crippen molar-refractivity contribution in [3.63, 3.8) is 0 Å². The summed E-state index contributed by atoms with van der Waals surface area (Å²) < 4.78 is 10.7. The van der Waals surface area contributed by atoms with Gasteiger partial charge in [0.25, 0.3) is 5.91 Å². The number of hydrogen-bond donors (Lipinski definition) is 0. The van der Waals surface area contributed by atoms with E-state index in [0.29, 0.717) is 30.4 Å². The van der Waals surface area contributed by atoms with Gasteiger partial charge in [0.05, 0.1) is 14.2 Å². The predicted molar refractivity (Wildman–Crippen MR) is 89.5 cm³/mol. The topological polar surface area (TPSA) is 64.6 Å². The van der Waals surface area contributed by atoms with Crippen molar-refractivity contribution < 1.29 is 14.3 Å². The molecular weight excluding hydrogens is 306 g/mol. The fraction of sp³-hybridized carbons (Fsp3) is 0.389. The van der Waals surface area contributed by atoms with Crippen molar-refractivity contribution >= 4 is 5.91 Å². The van der Waals surface area contributed by atoms with Gasteiger partial charge in [-0.15, -0.1) is 0 Å². The second-order valence-electron chi connectivity index (χ2n) is 5.89. The molecule has 0 fully saturated rings. The summed E-state index contributed by atoms with van der Waals surface area (Å²) in [7, 11) is 3.24. The van der Waals surface area contributed by atoms with E-state index in [-0.39, 0.29) is 5.91 Å². The van der Waals surface area contributed by atoms with Crippen molar-refractivity contribution in [2.45, 2.75) is 26.8 Å². The molecule has 1 aromatic heterocycles. The normalized spacial score (nSPS) is 13.4. The first-order valence-electron chi connectivity index (χ1n) is 7.87. The number of amides is 1. The maximum Gasteiger partial charge on any atom is 0.272 e. The molecular formula is C18H21N3O3. The first-order valence-corrected chi connectivity index (χ1v) is 7.87. The van der Waals surface area contributed by atoms with Crippen molar-refractivity contribution in [3.8, 4) is 11.5 Å². The van der Waals surface area contributed by atoms with Gasteiger partial charge >= 0.3 is 0 Å². The fourth-order valence-corrected chi connectivity index (χ4v) is 3.05. The number of aryl methyl sites for hydroxylation is 2. The van der Waals surface area contributed by atoms with Crippen molar-refractivity contribution in [2.24, 2.45) is 0 Å². The van der Waals surface area contributed by atoms with Gasteiger partial charge in [0.15, 0.2) is 11.5 Å². The minimum atomic E-state index is -0.0657. The van der Waals surface area contributed by atoms with Crippen LogP contribution in [0.1, 0.15) is 33.1 Å². The maximum absolute atomic E-state index is 12.8. The van der Waals surface area contributed by atoms with Crippen molar-refractivity contribution in [1.29, 1.82) is 0 Å². The van der Waals surface area contributed by atoms with Crippen LogP contribution in [0, 0.1) is 13.8 Å². The third-order valence-electron chi connectivity index (χ3n) is 4.19. The van der Waals surface area contributed by atoms with Gasteiger partial charge in [-0.1, -0.05) is 0 Å². The zero-order chi connectivity index (χ0) is 17.3. The molecule has 24 heavy (non-hydrogen) atoms. The zero-order valence-corrected chi connectivity index (χ0v) is 14.4. The minimum Gasteiger partial charge on any atom is -0.493 e. The van der Waals surface area contributed by atoms with Gasteiger partial charge < -0.3 is 14.4 Å². The maximum atomic E-state index is 12.8. The van der Waals surface area contributed by atoms with Gasteiger partial charge in [0.1, 0.15) is 11.5 Å². The Morgan fingerprint density at radius 3 is 2.33 bits per heavy atom. The highest BCUT2D eigenvalue weighted by Gasteiger charge is 2.24. The first-order chi connectivity index (χ1) is 11.5. The zero-order valence-electron chi connectivity index (χ0n) is 14.4. The summed E-state index contributed by atoms with van der Waals surface area (Å²) >= 11 is 0. The van der Waals surface area contributed by atoms with E-state index < -0.39 is 0 Å². The lowest BCUT2D eigenvalue weighted by Gasteiger charge is -2.29. The van der Waals surface area contributed by atoms with E-state index in [1.54, 1.807) is 27.2 Å². The van der Waals surface area contributed by atoms with Crippen LogP contribution < -0.4 is 9.47 Å². The minimum absolute atomic E-state index is 0.0657. The summed E-state index contributed by atoms with van der Waals surface area (Å²) in [6.45, 7) is 4.86. The fourth-order valence-electron chi connectivity index (χ4n) is 3.05. The quantitative estimate of drug-likeness (QED) is 0.865. The van der Waals surface area contributed by atoms with Gasteiger partial charge in [-0.3, -0.25) is 4.79 Å². The Bertz CT molecular complexity index is 769. The molecule has 0 aliphatic carbocycles. The molecule has 0 bridgehead atoms. The average molecular weight is 327 g/mol. The Kier molecular flexibility index (Phi) is 4.38. The standard InChI is InChI=1S/C18H21N3O3/c1-11-7-15(20-12(2)19-11)18(22)21-6-5-13-8-16(23-3)17(24-4)9-14(13)10-21/h7-9H,5-6,10H2,1-4H3. The van der Waals surface area contributed by atoms with Gasteiger partial charge in [-0.2, -0.15) is 0 Å². The van der Waals surface area contributed by atoms with Crippen LogP contribution in [0.3, 0.4) is 0 Å². The Labute approximate surface area is 141 Å². The lowest BCUT2D eigenvalue weighted by atomic mass is 9.98. The molecule has 0 radical (unpaired) electrons.